The minimum absolute atomic E-state index is 0.940. The third-order valence-electron chi connectivity index (χ3n) is 2.09. The number of aryl methyl sites for hydroxylation is 1. The molecule has 1 aromatic carbocycles. The van der Waals surface area contributed by atoms with Crippen LogP contribution in [-0.2, 0) is 6.42 Å². The van der Waals surface area contributed by atoms with E-state index in [9.17, 15) is 0 Å². The lowest BCUT2D eigenvalue weighted by molar-refractivity contribution is 0.414. The summed E-state index contributed by atoms with van der Waals surface area (Å²) >= 11 is 0. The van der Waals surface area contributed by atoms with Crippen molar-refractivity contribution in [2.45, 2.75) is 27.2 Å². The first-order chi connectivity index (χ1) is 6.13. The van der Waals surface area contributed by atoms with E-state index in [1.165, 1.54) is 17.0 Å². The van der Waals surface area contributed by atoms with Crippen LogP contribution in [0.25, 0.3) is 0 Å². The normalized spacial score (nSPS) is 10.5. The molecule has 0 bridgehead atoms. The minimum atomic E-state index is 0.940. The highest BCUT2D eigenvalue weighted by atomic mass is 16.5. The molecule has 0 aliphatic heterocycles. The van der Waals surface area contributed by atoms with Gasteiger partial charge in [-0.1, -0.05) is 19.9 Å². The van der Waals surface area contributed by atoms with Crippen LogP contribution in [-0.4, -0.2) is 7.11 Å². The molecule has 1 aromatic rings. The van der Waals surface area contributed by atoms with E-state index in [1.54, 1.807) is 7.11 Å². The van der Waals surface area contributed by atoms with Gasteiger partial charge >= 0.3 is 0 Å². The van der Waals surface area contributed by atoms with E-state index < -0.39 is 0 Å². The maximum atomic E-state index is 5.15. The maximum absolute atomic E-state index is 5.15. The lowest BCUT2D eigenvalue weighted by Crippen LogP contribution is -1.95. The second-order valence-electron chi connectivity index (χ2n) is 3.68. The molecule has 71 valence electrons. The van der Waals surface area contributed by atoms with Crippen molar-refractivity contribution in [1.82, 2.24) is 0 Å². The summed E-state index contributed by atoms with van der Waals surface area (Å²) < 4.78 is 5.15. The molecule has 0 aliphatic rings. The van der Waals surface area contributed by atoms with Crippen molar-refractivity contribution in [3.63, 3.8) is 0 Å². The Morgan fingerprint density at radius 2 is 2.00 bits per heavy atom. The van der Waals surface area contributed by atoms with Gasteiger partial charge in [-0.15, -0.1) is 0 Å². The van der Waals surface area contributed by atoms with E-state index in [0.29, 0.717) is 0 Å². The van der Waals surface area contributed by atoms with Crippen molar-refractivity contribution >= 4 is 0 Å². The topological polar surface area (TPSA) is 9.23 Å². The molecule has 0 aliphatic carbocycles. The van der Waals surface area contributed by atoms with Crippen LogP contribution in [0.2, 0.25) is 0 Å². The van der Waals surface area contributed by atoms with Crippen molar-refractivity contribution in [1.29, 1.82) is 0 Å². The summed E-state index contributed by atoms with van der Waals surface area (Å²) in [7, 11) is 1.70. The molecule has 13 heavy (non-hydrogen) atoms. The van der Waals surface area contributed by atoms with Gasteiger partial charge in [0.1, 0.15) is 5.75 Å². The van der Waals surface area contributed by atoms with E-state index >= 15 is 0 Å². The molecular weight excluding hydrogens is 160 g/mol. The third kappa shape index (κ3) is 2.76. The van der Waals surface area contributed by atoms with Gasteiger partial charge in [-0.05, 0) is 42.5 Å². The fourth-order valence-corrected chi connectivity index (χ4v) is 1.37. The minimum Gasteiger partial charge on any atom is -0.497 e. The van der Waals surface area contributed by atoms with Gasteiger partial charge in [-0.25, -0.2) is 0 Å². The van der Waals surface area contributed by atoms with Crippen molar-refractivity contribution in [2.24, 2.45) is 0 Å². The van der Waals surface area contributed by atoms with Crippen LogP contribution >= 0.6 is 0 Å². The standard InChI is InChI=1S/C12H17O/c1-9(2)7-11-5-6-12(13-4)8-10(11)3/h5-6,8H,7H2,1-4H3. The Hall–Kier alpha value is -0.980. The summed E-state index contributed by atoms with van der Waals surface area (Å²) in [5, 5.41) is 0. The zero-order valence-corrected chi connectivity index (χ0v) is 8.85. The molecule has 0 spiro atoms. The number of rotatable bonds is 3. The lowest BCUT2D eigenvalue weighted by atomic mass is 9.99. The van der Waals surface area contributed by atoms with Gasteiger partial charge in [0.05, 0.1) is 7.11 Å². The van der Waals surface area contributed by atoms with Crippen molar-refractivity contribution in [3.8, 4) is 5.75 Å². The van der Waals surface area contributed by atoms with Gasteiger partial charge in [0, 0.05) is 0 Å². The molecule has 0 atom stereocenters. The van der Waals surface area contributed by atoms with E-state index in [-0.39, 0.29) is 0 Å². The zero-order chi connectivity index (χ0) is 9.84. The number of hydrogen-bond acceptors (Lipinski definition) is 1. The van der Waals surface area contributed by atoms with E-state index in [1.807, 2.05) is 6.07 Å². The molecule has 0 heterocycles. The van der Waals surface area contributed by atoms with Gasteiger partial charge in [-0.2, -0.15) is 0 Å². The number of ether oxygens (including phenoxy) is 1. The highest BCUT2D eigenvalue weighted by Gasteiger charge is 2.02. The van der Waals surface area contributed by atoms with Crippen LogP contribution in [0, 0.1) is 12.8 Å². The van der Waals surface area contributed by atoms with Crippen LogP contribution < -0.4 is 4.74 Å². The zero-order valence-electron chi connectivity index (χ0n) is 8.85. The maximum Gasteiger partial charge on any atom is 0.119 e. The molecule has 0 unspecified atom stereocenters. The highest BCUT2D eigenvalue weighted by Crippen LogP contribution is 2.19. The number of benzene rings is 1. The summed E-state index contributed by atoms with van der Waals surface area (Å²) in [5.41, 5.74) is 2.70. The molecule has 0 amide bonds. The van der Waals surface area contributed by atoms with Crippen LogP contribution in [0.15, 0.2) is 18.2 Å². The average Bonchev–Trinajstić information content (AvgIpc) is 2.08. The molecule has 0 aromatic heterocycles. The highest BCUT2D eigenvalue weighted by molar-refractivity contribution is 5.35. The molecule has 0 fully saturated rings. The van der Waals surface area contributed by atoms with Crippen LogP contribution in [0.5, 0.6) is 5.75 Å². The Bertz CT molecular complexity index is 276. The first-order valence-corrected chi connectivity index (χ1v) is 4.56. The Kier molecular flexibility index (Phi) is 3.35. The smallest absolute Gasteiger partial charge is 0.119 e. The lowest BCUT2D eigenvalue weighted by Gasteiger charge is -2.09. The Morgan fingerprint density at radius 1 is 1.31 bits per heavy atom. The van der Waals surface area contributed by atoms with Gasteiger partial charge in [-0.3, -0.25) is 0 Å². The second kappa shape index (κ2) is 4.31. The Morgan fingerprint density at radius 3 is 2.46 bits per heavy atom. The summed E-state index contributed by atoms with van der Waals surface area (Å²) in [6.07, 6.45) is 1.07. The largest absolute Gasteiger partial charge is 0.497 e. The van der Waals surface area contributed by atoms with Gasteiger partial charge in [0.2, 0.25) is 0 Å². The Labute approximate surface area is 80.7 Å². The van der Waals surface area contributed by atoms with E-state index in [2.05, 4.69) is 32.9 Å². The fourth-order valence-electron chi connectivity index (χ4n) is 1.37. The predicted molar refractivity (Wildman–Crippen MR) is 56.0 cm³/mol. The molecule has 1 radical (unpaired) electrons. The molecule has 1 heteroatoms. The number of methoxy groups -OCH3 is 1. The fraction of sp³-hybridized carbons (Fsp3) is 0.417. The van der Waals surface area contributed by atoms with Gasteiger partial charge in [0.25, 0.3) is 0 Å². The summed E-state index contributed by atoms with van der Waals surface area (Å²) in [6.45, 7) is 6.44. The summed E-state index contributed by atoms with van der Waals surface area (Å²) in [4.78, 5) is 0. The van der Waals surface area contributed by atoms with Crippen molar-refractivity contribution < 1.29 is 4.74 Å². The molecule has 1 rings (SSSR count). The summed E-state index contributed by atoms with van der Waals surface area (Å²) in [5.74, 6) is 2.38. The number of hydrogen-bond donors (Lipinski definition) is 0. The van der Waals surface area contributed by atoms with Crippen molar-refractivity contribution in [3.05, 3.63) is 35.2 Å². The van der Waals surface area contributed by atoms with Gasteiger partial charge < -0.3 is 4.74 Å². The molecular formula is C12H17O. The predicted octanol–water partition coefficient (Wildman–Crippen LogP) is 3.16. The van der Waals surface area contributed by atoms with E-state index in [4.69, 9.17) is 4.74 Å². The molecule has 0 saturated carbocycles. The SMILES string of the molecule is COc1ccc(C[C](C)C)c(C)c1. The van der Waals surface area contributed by atoms with E-state index in [0.717, 1.165) is 12.2 Å². The van der Waals surface area contributed by atoms with Crippen LogP contribution in [0.1, 0.15) is 25.0 Å². The molecule has 1 nitrogen and oxygen atoms in total. The second-order valence-corrected chi connectivity index (χ2v) is 3.68. The summed E-state index contributed by atoms with van der Waals surface area (Å²) in [6, 6.07) is 6.24. The Balaban J connectivity index is 2.85. The van der Waals surface area contributed by atoms with Crippen LogP contribution in [0.4, 0.5) is 0 Å². The quantitative estimate of drug-likeness (QED) is 0.689. The molecule has 0 saturated heterocycles. The first-order valence-electron chi connectivity index (χ1n) is 4.56. The van der Waals surface area contributed by atoms with Crippen LogP contribution in [0.3, 0.4) is 0 Å². The third-order valence-corrected chi connectivity index (χ3v) is 2.09. The average molecular weight is 177 g/mol. The monoisotopic (exact) mass is 177 g/mol. The first kappa shape index (κ1) is 10.1. The van der Waals surface area contributed by atoms with Gasteiger partial charge in [0.15, 0.2) is 0 Å². The van der Waals surface area contributed by atoms with Crippen molar-refractivity contribution in [2.75, 3.05) is 7.11 Å². The molecule has 0 N–H and O–H groups in total.